The number of fused-ring (bicyclic) bond motifs is 1. The van der Waals surface area contributed by atoms with E-state index in [9.17, 15) is 0 Å². The number of hydrogen-bond acceptors (Lipinski definition) is 2. The topological polar surface area (TPSA) is 21.3 Å². The lowest BCUT2D eigenvalue weighted by Gasteiger charge is -2.30. The molecule has 110 valence electrons. The summed E-state index contributed by atoms with van der Waals surface area (Å²) < 4.78 is 5.89. The van der Waals surface area contributed by atoms with Gasteiger partial charge in [0.15, 0.2) is 0 Å². The summed E-state index contributed by atoms with van der Waals surface area (Å²) in [7, 11) is 0. The first-order valence-corrected chi connectivity index (χ1v) is 8.33. The summed E-state index contributed by atoms with van der Waals surface area (Å²) in [6.07, 6.45) is 8.48. The Hall–Kier alpha value is -1.02. The predicted molar refractivity (Wildman–Crippen MR) is 83.3 cm³/mol. The third-order valence-corrected chi connectivity index (χ3v) is 5.00. The van der Waals surface area contributed by atoms with Gasteiger partial charge in [-0.1, -0.05) is 57.2 Å². The van der Waals surface area contributed by atoms with Crippen LogP contribution in [0.2, 0.25) is 0 Å². The summed E-state index contributed by atoms with van der Waals surface area (Å²) >= 11 is 0. The molecule has 2 aliphatic rings. The molecule has 1 fully saturated rings. The predicted octanol–water partition coefficient (Wildman–Crippen LogP) is 4.11. The van der Waals surface area contributed by atoms with Crippen molar-refractivity contribution >= 4 is 0 Å². The average molecular weight is 273 g/mol. The summed E-state index contributed by atoms with van der Waals surface area (Å²) in [6, 6.07) is 9.15. The van der Waals surface area contributed by atoms with Gasteiger partial charge in [-0.2, -0.15) is 0 Å². The van der Waals surface area contributed by atoms with Gasteiger partial charge in [0, 0.05) is 17.5 Å². The lowest BCUT2D eigenvalue weighted by molar-refractivity contribution is 0.249. The van der Waals surface area contributed by atoms with Gasteiger partial charge in [0.2, 0.25) is 0 Å². The fourth-order valence-corrected chi connectivity index (χ4v) is 3.95. The number of benzene rings is 1. The summed E-state index contributed by atoms with van der Waals surface area (Å²) in [6.45, 7) is 4.12. The van der Waals surface area contributed by atoms with Crippen LogP contribution in [0.4, 0.5) is 0 Å². The smallest absolute Gasteiger partial charge is 0.122 e. The maximum absolute atomic E-state index is 5.89. The SMILES string of the molecule is CCNC(CC1CCCCC1)C1COc2ccccc21. The van der Waals surface area contributed by atoms with E-state index in [0.717, 1.165) is 24.8 Å². The zero-order chi connectivity index (χ0) is 13.8. The van der Waals surface area contributed by atoms with E-state index in [1.165, 1.54) is 44.1 Å². The molecule has 0 spiro atoms. The van der Waals surface area contributed by atoms with Crippen molar-refractivity contribution in [1.82, 2.24) is 5.32 Å². The first-order chi connectivity index (χ1) is 9.88. The minimum atomic E-state index is 0.535. The Morgan fingerprint density at radius 1 is 1.20 bits per heavy atom. The molecule has 1 saturated carbocycles. The maximum atomic E-state index is 5.89. The van der Waals surface area contributed by atoms with Crippen molar-refractivity contribution in [2.45, 2.75) is 57.4 Å². The van der Waals surface area contributed by atoms with Crippen LogP contribution in [0.15, 0.2) is 24.3 Å². The third-order valence-electron chi connectivity index (χ3n) is 5.00. The van der Waals surface area contributed by atoms with E-state index >= 15 is 0 Å². The standard InChI is InChI=1S/C18H27NO/c1-2-19-17(12-14-8-4-3-5-9-14)16-13-20-18-11-7-6-10-15(16)18/h6-7,10-11,14,16-17,19H,2-5,8-9,12-13H2,1H3. The zero-order valence-corrected chi connectivity index (χ0v) is 12.6. The molecule has 2 atom stereocenters. The third kappa shape index (κ3) is 3.01. The van der Waals surface area contributed by atoms with Gasteiger partial charge in [0.25, 0.3) is 0 Å². The van der Waals surface area contributed by atoms with Gasteiger partial charge >= 0.3 is 0 Å². The van der Waals surface area contributed by atoms with Crippen LogP contribution >= 0.6 is 0 Å². The Labute approximate surface area is 122 Å². The molecule has 3 rings (SSSR count). The van der Waals surface area contributed by atoms with Crippen molar-refractivity contribution in [3.05, 3.63) is 29.8 Å². The quantitative estimate of drug-likeness (QED) is 0.871. The molecular formula is C18H27NO. The lowest BCUT2D eigenvalue weighted by atomic mass is 9.80. The Morgan fingerprint density at radius 2 is 2.00 bits per heavy atom. The van der Waals surface area contributed by atoms with Crippen molar-refractivity contribution < 1.29 is 4.74 Å². The molecule has 0 radical (unpaired) electrons. The molecule has 1 aliphatic heterocycles. The Morgan fingerprint density at radius 3 is 2.80 bits per heavy atom. The largest absolute Gasteiger partial charge is 0.493 e. The van der Waals surface area contributed by atoms with Gasteiger partial charge in [-0.3, -0.25) is 0 Å². The van der Waals surface area contributed by atoms with Gasteiger partial charge in [-0.15, -0.1) is 0 Å². The molecule has 1 heterocycles. The zero-order valence-electron chi connectivity index (χ0n) is 12.6. The molecule has 0 aromatic heterocycles. The number of para-hydroxylation sites is 1. The molecule has 1 N–H and O–H groups in total. The highest BCUT2D eigenvalue weighted by molar-refractivity contribution is 5.40. The molecule has 2 heteroatoms. The number of rotatable bonds is 5. The molecular weight excluding hydrogens is 246 g/mol. The van der Waals surface area contributed by atoms with Crippen molar-refractivity contribution in [1.29, 1.82) is 0 Å². The first kappa shape index (κ1) is 13.9. The van der Waals surface area contributed by atoms with Crippen LogP contribution in [0.25, 0.3) is 0 Å². The minimum absolute atomic E-state index is 0.535. The summed E-state index contributed by atoms with van der Waals surface area (Å²) in [5.41, 5.74) is 1.41. The van der Waals surface area contributed by atoms with E-state index in [0.29, 0.717) is 12.0 Å². The number of nitrogens with one attached hydrogen (secondary N) is 1. The van der Waals surface area contributed by atoms with Gasteiger partial charge < -0.3 is 10.1 Å². The summed E-state index contributed by atoms with van der Waals surface area (Å²) in [4.78, 5) is 0. The van der Waals surface area contributed by atoms with Gasteiger partial charge in [0.1, 0.15) is 5.75 Å². The second kappa shape index (κ2) is 6.62. The molecule has 2 nitrogen and oxygen atoms in total. The molecule has 1 aromatic carbocycles. The average Bonchev–Trinajstić information content (AvgIpc) is 2.92. The van der Waals surface area contributed by atoms with Crippen molar-refractivity contribution in [2.24, 2.45) is 5.92 Å². The molecule has 0 amide bonds. The minimum Gasteiger partial charge on any atom is -0.493 e. The van der Waals surface area contributed by atoms with E-state index in [-0.39, 0.29) is 0 Å². The Bertz CT molecular complexity index is 425. The van der Waals surface area contributed by atoms with E-state index in [2.05, 4.69) is 36.5 Å². The van der Waals surface area contributed by atoms with Crippen LogP contribution in [0.3, 0.4) is 0 Å². The van der Waals surface area contributed by atoms with E-state index in [1.807, 2.05) is 0 Å². The van der Waals surface area contributed by atoms with Crippen LogP contribution in [0, 0.1) is 5.92 Å². The Kier molecular flexibility index (Phi) is 4.62. The molecule has 2 unspecified atom stereocenters. The molecule has 0 bridgehead atoms. The summed E-state index contributed by atoms with van der Waals surface area (Å²) in [5.74, 6) is 2.55. The maximum Gasteiger partial charge on any atom is 0.122 e. The second-order valence-corrected chi connectivity index (χ2v) is 6.36. The van der Waals surface area contributed by atoms with Gasteiger partial charge in [-0.05, 0) is 24.9 Å². The second-order valence-electron chi connectivity index (χ2n) is 6.36. The molecule has 20 heavy (non-hydrogen) atoms. The monoisotopic (exact) mass is 273 g/mol. The fraction of sp³-hybridized carbons (Fsp3) is 0.667. The van der Waals surface area contributed by atoms with Crippen LogP contribution in [0.5, 0.6) is 5.75 Å². The van der Waals surface area contributed by atoms with E-state index in [1.54, 1.807) is 0 Å². The highest BCUT2D eigenvalue weighted by Crippen LogP contribution is 2.38. The van der Waals surface area contributed by atoms with Gasteiger partial charge in [0.05, 0.1) is 6.61 Å². The fourth-order valence-electron chi connectivity index (χ4n) is 3.95. The van der Waals surface area contributed by atoms with Crippen LogP contribution in [-0.4, -0.2) is 19.2 Å². The van der Waals surface area contributed by atoms with Crippen molar-refractivity contribution in [2.75, 3.05) is 13.2 Å². The van der Waals surface area contributed by atoms with E-state index < -0.39 is 0 Å². The Balaban J connectivity index is 1.70. The lowest BCUT2D eigenvalue weighted by Crippen LogP contribution is -2.37. The highest BCUT2D eigenvalue weighted by Gasteiger charge is 2.32. The number of likely N-dealkylation sites (N-methyl/N-ethyl adjacent to an activating group) is 1. The summed E-state index contributed by atoms with van der Waals surface area (Å²) in [5, 5.41) is 3.73. The van der Waals surface area contributed by atoms with E-state index in [4.69, 9.17) is 4.74 Å². The first-order valence-electron chi connectivity index (χ1n) is 8.33. The van der Waals surface area contributed by atoms with Crippen molar-refractivity contribution in [3.8, 4) is 5.75 Å². The van der Waals surface area contributed by atoms with Crippen LogP contribution < -0.4 is 10.1 Å². The number of hydrogen-bond donors (Lipinski definition) is 1. The van der Waals surface area contributed by atoms with Gasteiger partial charge in [-0.25, -0.2) is 0 Å². The highest BCUT2D eigenvalue weighted by atomic mass is 16.5. The number of ether oxygens (including phenoxy) is 1. The van der Waals surface area contributed by atoms with Crippen LogP contribution in [0.1, 0.15) is 56.9 Å². The molecule has 1 aliphatic carbocycles. The van der Waals surface area contributed by atoms with Crippen LogP contribution in [-0.2, 0) is 0 Å². The molecule has 1 aromatic rings. The molecule has 0 saturated heterocycles. The van der Waals surface area contributed by atoms with Crippen molar-refractivity contribution in [3.63, 3.8) is 0 Å². The normalized spacial score (nSPS) is 24.1.